The molecule has 1 heterocycles. The Labute approximate surface area is 183 Å². The summed E-state index contributed by atoms with van der Waals surface area (Å²) in [4.78, 5) is 16.0. The largest absolute Gasteiger partial charge is 0.439 e. The van der Waals surface area contributed by atoms with Gasteiger partial charge in [-0.25, -0.2) is 4.98 Å². The Morgan fingerprint density at radius 1 is 1.06 bits per heavy atom. The van der Waals surface area contributed by atoms with Gasteiger partial charge < -0.3 is 15.8 Å². The maximum absolute atomic E-state index is 13.0. The van der Waals surface area contributed by atoms with Crippen molar-refractivity contribution in [3.05, 3.63) is 83.0 Å². The lowest BCUT2D eigenvalue weighted by molar-refractivity contribution is -0.141. The molecule has 5 nitrogen and oxygen atoms in total. The van der Waals surface area contributed by atoms with E-state index in [1.54, 1.807) is 24.3 Å². The summed E-state index contributed by atoms with van der Waals surface area (Å²) >= 11 is 0. The summed E-state index contributed by atoms with van der Waals surface area (Å²) in [6.07, 6.45) is -3.73. The van der Waals surface area contributed by atoms with Crippen molar-refractivity contribution in [3.63, 3.8) is 0 Å². The van der Waals surface area contributed by atoms with E-state index in [2.05, 4.69) is 10.3 Å². The molecule has 0 saturated carbocycles. The number of hydrogen-bond acceptors (Lipinski definition) is 4. The van der Waals surface area contributed by atoms with Crippen LogP contribution in [-0.2, 0) is 19.1 Å². The van der Waals surface area contributed by atoms with Crippen LogP contribution in [0.2, 0.25) is 0 Å². The normalized spacial score (nSPS) is 10.9. The van der Waals surface area contributed by atoms with Crippen LogP contribution >= 0.6 is 12.4 Å². The van der Waals surface area contributed by atoms with Gasteiger partial charge in [-0.2, -0.15) is 13.2 Å². The SMILES string of the molecule is CCc1ccc(NC(=O)c2cccc(Oc3cc(CN)cc(C(F)(F)F)n3)c2)cc1.Cl. The van der Waals surface area contributed by atoms with Crippen molar-refractivity contribution < 1.29 is 22.7 Å². The monoisotopic (exact) mass is 451 g/mol. The smallest absolute Gasteiger partial charge is 0.433 e. The molecule has 0 aliphatic carbocycles. The van der Waals surface area contributed by atoms with Crippen LogP contribution in [-0.4, -0.2) is 10.9 Å². The first-order valence-electron chi connectivity index (χ1n) is 9.25. The number of carbonyl (C=O) groups excluding carboxylic acids is 1. The van der Waals surface area contributed by atoms with E-state index in [0.717, 1.165) is 18.1 Å². The highest BCUT2D eigenvalue weighted by atomic mass is 35.5. The summed E-state index contributed by atoms with van der Waals surface area (Å²) in [5.74, 6) is -0.443. The van der Waals surface area contributed by atoms with Gasteiger partial charge in [0.15, 0.2) is 0 Å². The van der Waals surface area contributed by atoms with E-state index in [1.807, 2.05) is 19.1 Å². The highest BCUT2D eigenvalue weighted by Crippen LogP contribution is 2.31. The van der Waals surface area contributed by atoms with Crippen molar-refractivity contribution in [3.8, 4) is 11.6 Å². The Kier molecular flexibility index (Phi) is 8.01. The average Bonchev–Trinajstić information content (AvgIpc) is 2.73. The fourth-order valence-electron chi connectivity index (χ4n) is 2.72. The van der Waals surface area contributed by atoms with Gasteiger partial charge in [-0.05, 0) is 53.9 Å². The number of nitrogens with two attached hydrogens (primary N) is 1. The van der Waals surface area contributed by atoms with E-state index in [0.29, 0.717) is 5.69 Å². The number of nitrogens with one attached hydrogen (secondary N) is 1. The summed E-state index contributed by atoms with van der Waals surface area (Å²) < 4.78 is 44.6. The molecule has 0 fully saturated rings. The van der Waals surface area contributed by atoms with Gasteiger partial charge in [0, 0.05) is 23.9 Å². The molecule has 9 heteroatoms. The summed E-state index contributed by atoms with van der Waals surface area (Å²) in [5.41, 5.74) is 6.69. The lowest BCUT2D eigenvalue weighted by atomic mass is 10.1. The third kappa shape index (κ3) is 6.44. The minimum Gasteiger partial charge on any atom is -0.439 e. The quantitative estimate of drug-likeness (QED) is 0.512. The Bertz CT molecular complexity index is 1040. The molecule has 2 aromatic carbocycles. The number of anilines is 1. The van der Waals surface area contributed by atoms with Gasteiger partial charge in [-0.3, -0.25) is 4.79 Å². The molecule has 164 valence electrons. The molecular formula is C22H21ClF3N3O2. The predicted molar refractivity (Wildman–Crippen MR) is 115 cm³/mol. The minimum absolute atomic E-state index is 0. The molecule has 0 spiro atoms. The molecule has 0 radical (unpaired) electrons. The second kappa shape index (κ2) is 10.3. The van der Waals surface area contributed by atoms with Crippen LogP contribution in [0.15, 0.2) is 60.7 Å². The molecule has 1 amide bonds. The first-order valence-corrected chi connectivity index (χ1v) is 9.25. The Hall–Kier alpha value is -3.10. The van der Waals surface area contributed by atoms with Crippen LogP contribution in [0, 0.1) is 0 Å². The lowest BCUT2D eigenvalue weighted by Gasteiger charge is -2.12. The van der Waals surface area contributed by atoms with Crippen molar-refractivity contribution in [1.82, 2.24) is 4.98 Å². The van der Waals surface area contributed by atoms with Crippen LogP contribution in [0.3, 0.4) is 0 Å². The van der Waals surface area contributed by atoms with Gasteiger partial charge in [-0.1, -0.05) is 25.1 Å². The van der Waals surface area contributed by atoms with Crippen molar-refractivity contribution in [1.29, 1.82) is 0 Å². The summed E-state index contributed by atoms with van der Waals surface area (Å²) in [5, 5.41) is 2.77. The fraction of sp³-hybridized carbons (Fsp3) is 0.182. The number of aryl methyl sites for hydroxylation is 1. The third-order valence-corrected chi connectivity index (χ3v) is 4.33. The molecule has 0 saturated heterocycles. The molecule has 0 bridgehead atoms. The van der Waals surface area contributed by atoms with Gasteiger partial charge in [0.2, 0.25) is 5.88 Å². The zero-order chi connectivity index (χ0) is 21.7. The van der Waals surface area contributed by atoms with Gasteiger partial charge >= 0.3 is 6.18 Å². The van der Waals surface area contributed by atoms with E-state index in [1.165, 1.54) is 18.2 Å². The Balaban J connectivity index is 0.00000341. The third-order valence-electron chi connectivity index (χ3n) is 4.33. The molecule has 0 aliphatic rings. The van der Waals surface area contributed by atoms with Gasteiger partial charge in [0.1, 0.15) is 11.4 Å². The van der Waals surface area contributed by atoms with Gasteiger partial charge in [0.25, 0.3) is 5.91 Å². The molecule has 31 heavy (non-hydrogen) atoms. The van der Waals surface area contributed by atoms with Crippen LogP contribution in [0.1, 0.15) is 34.1 Å². The van der Waals surface area contributed by atoms with E-state index in [-0.39, 0.29) is 47.6 Å². The van der Waals surface area contributed by atoms with Gasteiger partial charge in [-0.15, -0.1) is 12.4 Å². The molecule has 0 unspecified atom stereocenters. The maximum atomic E-state index is 13.0. The standard InChI is InChI=1S/C22H20F3N3O2.ClH/c1-2-14-6-8-17(9-7-14)27-21(29)16-4-3-5-18(12-16)30-20-11-15(13-26)10-19(28-20)22(23,24)25;/h3-12H,2,13,26H2,1H3,(H,27,29);1H. The number of nitrogens with zero attached hydrogens (tertiary/aromatic N) is 1. The highest BCUT2D eigenvalue weighted by Gasteiger charge is 2.33. The van der Waals surface area contributed by atoms with Crippen LogP contribution in [0.25, 0.3) is 0 Å². The zero-order valence-electron chi connectivity index (χ0n) is 16.6. The topological polar surface area (TPSA) is 77.2 Å². The van der Waals surface area contributed by atoms with E-state index >= 15 is 0 Å². The number of rotatable bonds is 6. The van der Waals surface area contributed by atoms with Crippen LogP contribution in [0.4, 0.5) is 18.9 Å². The second-order valence-electron chi connectivity index (χ2n) is 6.54. The summed E-state index contributed by atoms with van der Waals surface area (Å²) in [6.45, 7) is 1.94. The van der Waals surface area contributed by atoms with E-state index in [4.69, 9.17) is 10.5 Å². The summed E-state index contributed by atoms with van der Waals surface area (Å²) in [7, 11) is 0. The Morgan fingerprint density at radius 2 is 1.77 bits per heavy atom. The van der Waals surface area contributed by atoms with E-state index in [9.17, 15) is 18.0 Å². The Morgan fingerprint density at radius 3 is 2.39 bits per heavy atom. The number of alkyl halides is 3. The lowest BCUT2D eigenvalue weighted by Crippen LogP contribution is -2.12. The van der Waals surface area contributed by atoms with Crippen molar-refractivity contribution >= 4 is 24.0 Å². The van der Waals surface area contributed by atoms with Crippen molar-refractivity contribution in [2.75, 3.05) is 5.32 Å². The first-order chi connectivity index (χ1) is 14.3. The molecule has 0 atom stereocenters. The van der Waals surface area contributed by atoms with Crippen LogP contribution in [0.5, 0.6) is 11.6 Å². The van der Waals surface area contributed by atoms with Gasteiger partial charge in [0.05, 0.1) is 0 Å². The van der Waals surface area contributed by atoms with Crippen molar-refractivity contribution in [2.24, 2.45) is 5.73 Å². The second-order valence-corrected chi connectivity index (χ2v) is 6.54. The number of amides is 1. The molecule has 0 aliphatic heterocycles. The number of ether oxygens (including phenoxy) is 1. The number of benzene rings is 2. The van der Waals surface area contributed by atoms with Crippen LogP contribution < -0.4 is 15.8 Å². The minimum atomic E-state index is -4.63. The zero-order valence-corrected chi connectivity index (χ0v) is 17.4. The number of aromatic nitrogens is 1. The molecule has 3 aromatic rings. The summed E-state index contributed by atoms with van der Waals surface area (Å²) in [6, 6.07) is 15.8. The maximum Gasteiger partial charge on any atom is 0.433 e. The molecule has 1 aromatic heterocycles. The first kappa shape index (κ1) is 24.2. The highest BCUT2D eigenvalue weighted by molar-refractivity contribution is 6.04. The number of carbonyl (C=O) groups is 1. The number of hydrogen-bond donors (Lipinski definition) is 2. The van der Waals surface area contributed by atoms with E-state index < -0.39 is 11.9 Å². The number of pyridine rings is 1. The average molecular weight is 452 g/mol. The fourth-order valence-corrected chi connectivity index (χ4v) is 2.72. The molecule has 3 rings (SSSR count). The van der Waals surface area contributed by atoms with Crippen molar-refractivity contribution in [2.45, 2.75) is 26.1 Å². The molecular weight excluding hydrogens is 431 g/mol. The number of halogens is 4. The molecule has 3 N–H and O–H groups in total. The predicted octanol–water partition coefficient (Wildman–Crippen LogP) is 5.59.